The Kier molecular flexibility index (Phi) is 11.8. The maximum atomic E-state index is 8.81. The monoisotopic (exact) mass is 356 g/mol. The van der Waals surface area contributed by atoms with Gasteiger partial charge in [-0.15, -0.1) is 0 Å². The van der Waals surface area contributed by atoms with Crippen molar-refractivity contribution in [3.8, 4) is 0 Å². The zero-order chi connectivity index (χ0) is 15.2. The van der Waals surface area contributed by atoms with E-state index in [1.54, 1.807) is 0 Å². The van der Waals surface area contributed by atoms with Gasteiger partial charge >= 0.3 is 0 Å². The fourth-order valence-corrected chi connectivity index (χ4v) is 2.68. The van der Waals surface area contributed by atoms with Crippen molar-refractivity contribution < 1.29 is 9.84 Å². The van der Waals surface area contributed by atoms with Gasteiger partial charge in [0.1, 0.15) is 0 Å². The zero-order valence-electron chi connectivity index (χ0n) is 13.0. The fourth-order valence-electron chi connectivity index (χ4n) is 2.29. The van der Waals surface area contributed by atoms with E-state index in [1.807, 2.05) is 0 Å². The van der Waals surface area contributed by atoms with Crippen LogP contribution in [0.4, 0.5) is 0 Å². The van der Waals surface area contributed by atoms with Crippen LogP contribution in [-0.4, -0.2) is 30.3 Å². The maximum Gasteiger partial charge on any atom is 0.0469 e. The number of rotatable bonds is 13. The van der Waals surface area contributed by atoms with Gasteiger partial charge in [0.2, 0.25) is 0 Å². The molecule has 1 aromatic rings. The molecule has 0 aromatic heterocycles. The van der Waals surface area contributed by atoms with E-state index < -0.39 is 0 Å². The lowest BCUT2D eigenvalue weighted by atomic mass is 10.0. The van der Waals surface area contributed by atoms with Crippen molar-refractivity contribution in [2.75, 3.05) is 25.2 Å². The predicted molar refractivity (Wildman–Crippen MR) is 93.3 cm³/mol. The molecule has 1 N–H and O–H groups in total. The molecule has 1 aromatic carbocycles. The zero-order valence-corrected chi connectivity index (χ0v) is 14.6. The molecule has 0 aliphatic carbocycles. The summed E-state index contributed by atoms with van der Waals surface area (Å²) in [6, 6.07) is 8.76. The molecular weight excluding hydrogens is 328 g/mol. The van der Waals surface area contributed by atoms with E-state index in [-0.39, 0.29) is 6.61 Å². The average molecular weight is 357 g/mol. The van der Waals surface area contributed by atoms with Crippen molar-refractivity contribution in [1.29, 1.82) is 0 Å². The van der Waals surface area contributed by atoms with Gasteiger partial charge in [0.15, 0.2) is 0 Å². The highest BCUT2D eigenvalue weighted by Gasteiger charge is 1.96. The Balaban J connectivity index is 1.99. The fraction of sp³-hybridized carbons (Fsp3) is 0.667. The van der Waals surface area contributed by atoms with Gasteiger partial charge in [0.05, 0.1) is 0 Å². The Labute approximate surface area is 138 Å². The van der Waals surface area contributed by atoms with Crippen LogP contribution in [0.15, 0.2) is 24.3 Å². The van der Waals surface area contributed by atoms with Crippen molar-refractivity contribution in [3.05, 3.63) is 35.4 Å². The van der Waals surface area contributed by atoms with Crippen LogP contribution in [0.1, 0.15) is 49.7 Å². The van der Waals surface area contributed by atoms with Gasteiger partial charge in [0, 0.05) is 25.2 Å². The second-order valence-corrected chi connectivity index (χ2v) is 6.26. The van der Waals surface area contributed by atoms with Gasteiger partial charge in [-0.2, -0.15) is 0 Å². The minimum Gasteiger partial charge on any atom is -0.396 e. The first-order valence-electron chi connectivity index (χ1n) is 8.19. The van der Waals surface area contributed by atoms with Crippen LogP contribution in [0.25, 0.3) is 0 Å². The second-order valence-electron chi connectivity index (χ2n) is 5.46. The third-order valence-corrected chi connectivity index (χ3v) is 4.13. The number of aryl methyl sites for hydroxylation is 2. The molecule has 0 atom stereocenters. The summed E-state index contributed by atoms with van der Waals surface area (Å²) in [6.07, 6.45) is 9.04. The molecular formula is C18H29BrO2. The van der Waals surface area contributed by atoms with Gasteiger partial charge < -0.3 is 9.84 Å². The van der Waals surface area contributed by atoms with E-state index in [1.165, 1.54) is 36.8 Å². The molecule has 0 unspecified atom stereocenters. The standard InChI is InChI=1S/C18H29BrO2/c19-13-3-1-2-4-15-21-16-6-8-18-11-9-17(10-12-18)7-5-14-20/h9-12,20H,1-8,13-16H2. The molecule has 0 amide bonds. The largest absolute Gasteiger partial charge is 0.396 e. The number of benzene rings is 1. The highest BCUT2D eigenvalue weighted by atomic mass is 79.9. The molecule has 0 heterocycles. The molecule has 0 radical (unpaired) electrons. The molecule has 0 spiro atoms. The van der Waals surface area contributed by atoms with Crippen molar-refractivity contribution in [2.45, 2.75) is 51.4 Å². The Hall–Kier alpha value is -0.380. The molecule has 21 heavy (non-hydrogen) atoms. The van der Waals surface area contributed by atoms with Crippen LogP contribution in [0.2, 0.25) is 0 Å². The molecule has 0 aliphatic heterocycles. The lowest BCUT2D eigenvalue weighted by Gasteiger charge is -2.06. The van der Waals surface area contributed by atoms with E-state index in [0.29, 0.717) is 0 Å². The van der Waals surface area contributed by atoms with Crippen LogP contribution in [0, 0.1) is 0 Å². The highest BCUT2D eigenvalue weighted by Crippen LogP contribution is 2.09. The van der Waals surface area contributed by atoms with Crippen molar-refractivity contribution in [2.24, 2.45) is 0 Å². The average Bonchev–Trinajstić information content (AvgIpc) is 2.52. The Morgan fingerprint density at radius 3 is 1.95 bits per heavy atom. The Bertz CT molecular complexity index is 338. The summed E-state index contributed by atoms with van der Waals surface area (Å²) in [7, 11) is 0. The molecule has 0 fully saturated rings. The molecule has 120 valence electrons. The molecule has 0 saturated heterocycles. The van der Waals surface area contributed by atoms with Gasteiger partial charge in [-0.3, -0.25) is 0 Å². The Morgan fingerprint density at radius 2 is 1.33 bits per heavy atom. The second kappa shape index (κ2) is 13.3. The third kappa shape index (κ3) is 10.0. The topological polar surface area (TPSA) is 29.5 Å². The third-order valence-electron chi connectivity index (χ3n) is 3.57. The highest BCUT2D eigenvalue weighted by molar-refractivity contribution is 9.09. The van der Waals surface area contributed by atoms with E-state index in [0.717, 1.165) is 44.2 Å². The van der Waals surface area contributed by atoms with Gasteiger partial charge in [0.25, 0.3) is 0 Å². The van der Waals surface area contributed by atoms with Crippen LogP contribution < -0.4 is 0 Å². The molecule has 2 nitrogen and oxygen atoms in total. The van der Waals surface area contributed by atoms with E-state index in [2.05, 4.69) is 40.2 Å². The summed E-state index contributed by atoms with van der Waals surface area (Å²) >= 11 is 3.45. The first kappa shape index (κ1) is 18.7. The quantitative estimate of drug-likeness (QED) is 0.416. The summed E-state index contributed by atoms with van der Waals surface area (Å²) in [5.41, 5.74) is 2.69. The summed E-state index contributed by atoms with van der Waals surface area (Å²) < 4.78 is 5.67. The summed E-state index contributed by atoms with van der Waals surface area (Å²) in [5, 5.41) is 9.93. The van der Waals surface area contributed by atoms with E-state index in [4.69, 9.17) is 9.84 Å². The summed E-state index contributed by atoms with van der Waals surface area (Å²) in [5.74, 6) is 0. The Morgan fingerprint density at radius 1 is 0.762 bits per heavy atom. The van der Waals surface area contributed by atoms with Crippen molar-refractivity contribution in [1.82, 2.24) is 0 Å². The SMILES string of the molecule is OCCCc1ccc(CCCOCCCCCCBr)cc1. The van der Waals surface area contributed by atoms with Crippen molar-refractivity contribution in [3.63, 3.8) is 0 Å². The number of unbranched alkanes of at least 4 members (excludes halogenated alkanes) is 3. The predicted octanol–water partition coefficient (Wildman–Crippen LogP) is 4.52. The normalized spacial score (nSPS) is 11.0. The number of halogens is 1. The smallest absolute Gasteiger partial charge is 0.0469 e. The number of aliphatic hydroxyl groups is 1. The number of alkyl halides is 1. The lowest BCUT2D eigenvalue weighted by Crippen LogP contribution is -1.99. The lowest BCUT2D eigenvalue weighted by molar-refractivity contribution is 0.128. The van der Waals surface area contributed by atoms with E-state index in [9.17, 15) is 0 Å². The number of hydrogen-bond donors (Lipinski definition) is 1. The molecule has 3 heteroatoms. The van der Waals surface area contributed by atoms with Crippen molar-refractivity contribution >= 4 is 15.9 Å². The molecule has 0 aliphatic rings. The van der Waals surface area contributed by atoms with Crippen LogP contribution in [-0.2, 0) is 17.6 Å². The molecule has 0 bridgehead atoms. The number of hydrogen-bond acceptors (Lipinski definition) is 2. The van der Waals surface area contributed by atoms with E-state index >= 15 is 0 Å². The summed E-state index contributed by atoms with van der Waals surface area (Å²) in [4.78, 5) is 0. The van der Waals surface area contributed by atoms with Crippen LogP contribution in [0.5, 0.6) is 0 Å². The molecule has 1 rings (SSSR count). The van der Waals surface area contributed by atoms with Crippen LogP contribution in [0.3, 0.4) is 0 Å². The number of aliphatic hydroxyl groups excluding tert-OH is 1. The maximum absolute atomic E-state index is 8.81. The van der Waals surface area contributed by atoms with Gasteiger partial charge in [-0.05, 0) is 49.7 Å². The van der Waals surface area contributed by atoms with Gasteiger partial charge in [-0.1, -0.05) is 53.0 Å². The first-order valence-corrected chi connectivity index (χ1v) is 9.31. The minimum absolute atomic E-state index is 0.273. The van der Waals surface area contributed by atoms with Crippen LogP contribution >= 0.6 is 15.9 Å². The minimum atomic E-state index is 0.273. The van der Waals surface area contributed by atoms with Gasteiger partial charge in [-0.25, -0.2) is 0 Å². The number of ether oxygens (including phenoxy) is 1. The first-order chi connectivity index (χ1) is 10.4. The summed E-state index contributed by atoms with van der Waals surface area (Å²) in [6.45, 7) is 2.04. The molecule has 0 saturated carbocycles.